The summed E-state index contributed by atoms with van der Waals surface area (Å²) >= 11 is 5.97. The highest BCUT2D eigenvalue weighted by Gasteiger charge is 2.27. The van der Waals surface area contributed by atoms with Crippen LogP contribution in [0, 0.1) is 6.92 Å². The minimum atomic E-state index is 0.514. The van der Waals surface area contributed by atoms with Gasteiger partial charge in [0.05, 0.1) is 17.3 Å². The molecule has 3 aromatic rings. The highest BCUT2D eigenvalue weighted by Crippen LogP contribution is 2.37. The number of hydrogen-bond acceptors (Lipinski definition) is 4. The SMILES string of the molecule is Cc1cc(Nc2ncc3cc(Cl)ccc3n2)n(C2CC2)n1. The molecule has 1 saturated carbocycles. The fourth-order valence-corrected chi connectivity index (χ4v) is 2.57. The zero-order valence-corrected chi connectivity index (χ0v) is 12.3. The lowest BCUT2D eigenvalue weighted by atomic mass is 10.2. The normalized spacial score (nSPS) is 14.6. The molecule has 5 nitrogen and oxygen atoms in total. The molecular formula is C15H14ClN5. The molecule has 1 aromatic carbocycles. The van der Waals surface area contributed by atoms with Gasteiger partial charge in [0.2, 0.25) is 5.95 Å². The number of rotatable bonds is 3. The van der Waals surface area contributed by atoms with E-state index in [0.717, 1.165) is 22.4 Å². The minimum absolute atomic E-state index is 0.514. The topological polar surface area (TPSA) is 55.6 Å². The molecule has 1 aliphatic rings. The van der Waals surface area contributed by atoms with Gasteiger partial charge in [0, 0.05) is 22.7 Å². The van der Waals surface area contributed by atoms with E-state index in [0.29, 0.717) is 17.0 Å². The summed E-state index contributed by atoms with van der Waals surface area (Å²) in [5.74, 6) is 1.52. The van der Waals surface area contributed by atoms with Gasteiger partial charge >= 0.3 is 0 Å². The Bertz CT molecular complexity index is 822. The van der Waals surface area contributed by atoms with Crippen molar-refractivity contribution < 1.29 is 0 Å². The number of aromatic nitrogens is 4. The third-order valence-corrected chi connectivity index (χ3v) is 3.77. The lowest BCUT2D eigenvalue weighted by Crippen LogP contribution is -2.05. The van der Waals surface area contributed by atoms with Crippen LogP contribution >= 0.6 is 11.6 Å². The third kappa shape index (κ3) is 2.45. The van der Waals surface area contributed by atoms with E-state index in [-0.39, 0.29) is 0 Å². The van der Waals surface area contributed by atoms with Crippen LogP contribution in [0.1, 0.15) is 24.6 Å². The summed E-state index contributed by atoms with van der Waals surface area (Å²) in [4.78, 5) is 8.87. The Morgan fingerprint density at radius 1 is 1.29 bits per heavy atom. The van der Waals surface area contributed by atoms with Crippen LogP contribution in [0.3, 0.4) is 0 Å². The van der Waals surface area contributed by atoms with E-state index in [1.165, 1.54) is 12.8 Å². The van der Waals surface area contributed by atoms with Crippen LogP contribution < -0.4 is 5.32 Å². The Morgan fingerprint density at radius 3 is 2.95 bits per heavy atom. The summed E-state index contributed by atoms with van der Waals surface area (Å²) in [5, 5.41) is 9.41. The monoisotopic (exact) mass is 299 g/mol. The highest BCUT2D eigenvalue weighted by molar-refractivity contribution is 6.31. The van der Waals surface area contributed by atoms with Crippen LogP contribution in [0.25, 0.3) is 10.9 Å². The van der Waals surface area contributed by atoms with Crippen LogP contribution in [0.2, 0.25) is 5.02 Å². The molecule has 106 valence electrons. The number of nitrogens with zero attached hydrogens (tertiary/aromatic N) is 4. The van der Waals surface area contributed by atoms with Gasteiger partial charge in [-0.25, -0.2) is 14.6 Å². The zero-order chi connectivity index (χ0) is 14.4. The van der Waals surface area contributed by atoms with Crippen molar-refractivity contribution in [3.05, 3.63) is 41.2 Å². The molecule has 0 bridgehead atoms. The molecule has 0 aliphatic heterocycles. The molecule has 0 unspecified atom stereocenters. The van der Waals surface area contributed by atoms with Crippen LogP contribution in [-0.2, 0) is 0 Å². The summed E-state index contributed by atoms with van der Waals surface area (Å²) < 4.78 is 2.03. The molecule has 2 heterocycles. The molecule has 1 fully saturated rings. The van der Waals surface area contributed by atoms with Gasteiger partial charge in [0.25, 0.3) is 0 Å². The van der Waals surface area contributed by atoms with Crippen molar-refractivity contribution in [2.24, 2.45) is 0 Å². The van der Waals surface area contributed by atoms with Gasteiger partial charge < -0.3 is 5.32 Å². The number of halogens is 1. The van der Waals surface area contributed by atoms with E-state index < -0.39 is 0 Å². The van der Waals surface area contributed by atoms with Crippen molar-refractivity contribution in [1.82, 2.24) is 19.7 Å². The molecule has 4 rings (SSSR count). The van der Waals surface area contributed by atoms with Crippen molar-refractivity contribution in [1.29, 1.82) is 0 Å². The average molecular weight is 300 g/mol. The van der Waals surface area contributed by atoms with E-state index >= 15 is 0 Å². The Hall–Kier alpha value is -2.14. The van der Waals surface area contributed by atoms with Crippen molar-refractivity contribution >= 4 is 34.3 Å². The molecule has 21 heavy (non-hydrogen) atoms. The Kier molecular flexibility index (Phi) is 2.82. The molecule has 1 N–H and O–H groups in total. The summed E-state index contributed by atoms with van der Waals surface area (Å²) in [7, 11) is 0. The van der Waals surface area contributed by atoms with Gasteiger partial charge in [-0.2, -0.15) is 5.10 Å². The fourth-order valence-electron chi connectivity index (χ4n) is 2.39. The van der Waals surface area contributed by atoms with Crippen LogP contribution in [0.15, 0.2) is 30.5 Å². The molecule has 0 radical (unpaired) electrons. The second kappa shape index (κ2) is 4.70. The first kappa shape index (κ1) is 12.6. The molecule has 0 spiro atoms. The lowest BCUT2D eigenvalue weighted by Gasteiger charge is -2.08. The lowest BCUT2D eigenvalue weighted by molar-refractivity contribution is 0.643. The van der Waals surface area contributed by atoms with E-state index in [2.05, 4.69) is 20.4 Å². The second-order valence-electron chi connectivity index (χ2n) is 5.37. The zero-order valence-electron chi connectivity index (χ0n) is 11.5. The minimum Gasteiger partial charge on any atom is -0.309 e. The highest BCUT2D eigenvalue weighted by atomic mass is 35.5. The number of fused-ring (bicyclic) bond motifs is 1. The number of anilines is 2. The van der Waals surface area contributed by atoms with Gasteiger partial charge in [-0.3, -0.25) is 0 Å². The van der Waals surface area contributed by atoms with Crippen LogP contribution in [0.5, 0.6) is 0 Å². The quantitative estimate of drug-likeness (QED) is 0.797. The predicted octanol–water partition coefficient (Wildman–Crippen LogP) is 3.87. The number of hydrogen-bond donors (Lipinski definition) is 1. The average Bonchev–Trinajstić information content (AvgIpc) is 3.24. The Morgan fingerprint density at radius 2 is 2.14 bits per heavy atom. The van der Waals surface area contributed by atoms with E-state index in [4.69, 9.17) is 11.6 Å². The van der Waals surface area contributed by atoms with Gasteiger partial charge in [-0.1, -0.05) is 11.6 Å². The van der Waals surface area contributed by atoms with Gasteiger partial charge in [0.15, 0.2) is 0 Å². The van der Waals surface area contributed by atoms with Crippen molar-refractivity contribution in [2.45, 2.75) is 25.8 Å². The van der Waals surface area contributed by atoms with Crippen molar-refractivity contribution in [3.63, 3.8) is 0 Å². The van der Waals surface area contributed by atoms with E-state index in [1.807, 2.05) is 35.9 Å². The summed E-state index contributed by atoms with van der Waals surface area (Å²) in [5.41, 5.74) is 1.86. The molecule has 0 atom stereocenters. The predicted molar refractivity (Wildman–Crippen MR) is 83.1 cm³/mol. The first-order chi connectivity index (χ1) is 10.2. The number of nitrogens with one attached hydrogen (secondary N) is 1. The third-order valence-electron chi connectivity index (χ3n) is 3.53. The molecule has 0 amide bonds. The summed E-state index contributed by atoms with van der Waals surface area (Å²) in [6, 6.07) is 8.13. The first-order valence-corrected chi connectivity index (χ1v) is 7.32. The second-order valence-corrected chi connectivity index (χ2v) is 5.80. The van der Waals surface area contributed by atoms with Gasteiger partial charge in [-0.15, -0.1) is 0 Å². The molecule has 0 saturated heterocycles. The molecule has 6 heteroatoms. The standard InChI is InChI=1S/C15H14ClN5/c1-9-6-14(21(20-9)12-3-4-12)19-15-17-8-10-7-11(16)2-5-13(10)18-15/h2,5-8,12H,3-4H2,1H3,(H,17,18,19). The molecular weight excluding hydrogens is 286 g/mol. The first-order valence-electron chi connectivity index (χ1n) is 6.94. The molecule has 1 aliphatic carbocycles. The van der Waals surface area contributed by atoms with E-state index in [9.17, 15) is 0 Å². The van der Waals surface area contributed by atoms with Gasteiger partial charge in [-0.05, 0) is 38.0 Å². The smallest absolute Gasteiger partial charge is 0.228 e. The van der Waals surface area contributed by atoms with Gasteiger partial charge in [0.1, 0.15) is 5.82 Å². The van der Waals surface area contributed by atoms with E-state index in [1.54, 1.807) is 6.20 Å². The number of aryl methyl sites for hydroxylation is 1. The van der Waals surface area contributed by atoms with Crippen LogP contribution in [0.4, 0.5) is 11.8 Å². The Balaban J connectivity index is 1.69. The Labute approximate surface area is 127 Å². The maximum atomic E-state index is 5.97. The van der Waals surface area contributed by atoms with Crippen molar-refractivity contribution in [3.8, 4) is 0 Å². The maximum absolute atomic E-state index is 5.97. The van der Waals surface area contributed by atoms with Crippen LogP contribution in [-0.4, -0.2) is 19.7 Å². The summed E-state index contributed by atoms with van der Waals surface area (Å²) in [6.45, 7) is 1.99. The summed E-state index contributed by atoms with van der Waals surface area (Å²) in [6.07, 6.45) is 4.15. The maximum Gasteiger partial charge on any atom is 0.228 e. The number of benzene rings is 1. The fraction of sp³-hybridized carbons (Fsp3) is 0.267. The largest absolute Gasteiger partial charge is 0.309 e. The molecule has 2 aromatic heterocycles. The van der Waals surface area contributed by atoms with Crippen molar-refractivity contribution in [2.75, 3.05) is 5.32 Å².